The summed E-state index contributed by atoms with van der Waals surface area (Å²) < 4.78 is 40.9. The standard InChI is InChI=1S/C23H28F3N5O3/c1-29-17-13-31(14-18(32)27-9-12-30-10-5-2-6-11-30)21(33)19(17)20(28-22(29)34)15-7-3-4-8-16(15)23(24,25)26/h3-4,7-8,20H,2,5-6,9-14H2,1H3,(H,27,32)(H,28,34). The van der Waals surface area contributed by atoms with Crippen molar-refractivity contribution in [2.24, 2.45) is 0 Å². The van der Waals surface area contributed by atoms with Crippen LogP contribution in [0.2, 0.25) is 0 Å². The number of nitrogens with zero attached hydrogens (tertiary/aromatic N) is 3. The number of halogens is 3. The molecule has 0 saturated carbocycles. The first kappa shape index (κ1) is 24.1. The van der Waals surface area contributed by atoms with Crippen molar-refractivity contribution in [1.82, 2.24) is 25.3 Å². The molecule has 1 aromatic rings. The molecule has 4 rings (SSSR count). The number of likely N-dealkylation sites (N-methyl/N-ethyl adjacent to an activating group) is 1. The van der Waals surface area contributed by atoms with E-state index in [9.17, 15) is 27.6 Å². The van der Waals surface area contributed by atoms with E-state index in [0.717, 1.165) is 38.5 Å². The first-order chi connectivity index (χ1) is 16.2. The van der Waals surface area contributed by atoms with Gasteiger partial charge in [-0.25, -0.2) is 4.79 Å². The van der Waals surface area contributed by atoms with E-state index in [-0.39, 0.29) is 30.1 Å². The summed E-state index contributed by atoms with van der Waals surface area (Å²) in [7, 11) is 1.45. The molecule has 8 nitrogen and oxygen atoms in total. The maximum atomic E-state index is 13.6. The summed E-state index contributed by atoms with van der Waals surface area (Å²) in [5, 5.41) is 5.33. The number of carbonyl (C=O) groups excluding carboxylic acids is 3. The summed E-state index contributed by atoms with van der Waals surface area (Å²) in [6.45, 7) is 2.93. The molecular formula is C23H28F3N5O3. The third-order valence-corrected chi connectivity index (χ3v) is 6.55. The van der Waals surface area contributed by atoms with Crippen molar-refractivity contribution >= 4 is 17.8 Å². The Hall–Kier alpha value is -3.08. The van der Waals surface area contributed by atoms with Crippen LogP contribution >= 0.6 is 0 Å². The number of rotatable bonds is 6. The predicted molar refractivity (Wildman–Crippen MR) is 117 cm³/mol. The maximum Gasteiger partial charge on any atom is 0.416 e. The molecule has 0 radical (unpaired) electrons. The Morgan fingerprint density at radius 2 is 1.85 bits per heavy atom. The van der Waals surface area contributed by atoms with Crippen LogP contribution in [0.4, 0.5) is 18.0 Å². The van der Waals surface area contributed by atoms with Gasteiger partial charge in [-0.05, 0) is 37.6 Å². The van der Waals surface area contributed by atoms with Crippen molar-refractivity contribution in [1.29, 1.82) is 0 Å². The summed E-state index contributed by atoms with van der Waals surface area (Å²) in [5.41, 5.74) is -0.764. The van der Waals surface area contributed by atoms with E-state index >= 15 is 0 Å². The van der Waals surface area contributed by atoms with Crippen LogP contribution in [-0.2, 0) is 15.8 Å². The third-order valence-electron chi connectivity index (χ3n) is 6.55. The highest BCUT2D eigenvalue weighted by atomic mass is 19.4. The van der Waals surface area contributed by atoms with Crippen LogP contribution in [0.25, 0.3) is 0 Å². The maximum absolute atomic E-state index is 13.6. The smallest absolute Gasteiger partial charge is 0.353 e. The average Bonchev–Trinajstić information content (AvgIpc) is 3.12. The number of urea groups is 1. The highest BCUT2D eigenvalue weighted by molar-refractivity contribution is 6.03. The van der Waals surface area contributed by atoms with Gasteiger partial charge < -0.3 is 20.4 Å². The van der Waals surface area contributed by atoms with Gasteiger partial charge in [-0.1, -0.05) is 24.6 Å². The van der Waals surface area contributed by atoms with Crippen molar-refractivity contribution < 1.29 is 27.6 Å². The molecule has 1 fully saturated rings. The van der Waals surface area contributed by atoms with Gasteiger partial charge in [0.2, 0.25) is 5.91 Å². The van der Waals surface area contributed by atoms with E-state index in [1.807, 2.05) is 0 Å². The number of nitrogens with one attached hydrogen (secondary N) is 2. The largest absolute Gasteiger partial charge is 0.416 e. The molecule has 1 unspecified atom stereocenters. The fraction of sp³-hybridized carbons (Fsp3) is 0.522. The van der Waals surface area contributed by atoms with Crippen molar-refractivity contribution in [2.75, 3.05) is 46.3 Å². The first-order valence-electron chi connectivity index (χ1n) is 11.4. The number of piperidine rings is 1. The fourth-order valence-corrected chi connectivity index (χ4v) is 4.76. The van der Waals surface area contributed by atoms with E-state index < -0.39 is 29.7 Å². The lowest BCUT2D eigenvalue weighted by molar-refractivity contribution is -0.138. The lowest BCUT2D eigenvalue weighted by atomic mass is 9.92. The summed E-state index contributed by atoms with van der Waals surface area (Å²) >= 11 is 0. The van der Waals surface area contributed by atoms with Crippen LogP contribution in [0.15, 0.2) is 35.5 Å². The minimum absolute atomic E-state index is 0.0255. The molecule has 1 saturated heterocycles. The zero-order valence-corrected chi connectivity index (χ0v) is 19.0. The molecule has 3 aliphatic heterocycles. The normalized spacial score (nSPS) is 21.6. The second-order valence-electron chi connectivity index (χ2n) is 8.80. The monoisotopic (exact) mass is 479 g/mol. The van der Waals surface area contributed by atoms with Crippen molar-refractivity contribution in [3.8, 4) is 0 Å². The van der Waals surface area contributed by atoms with E-state index in [2.05, 4.69) is 15.5 Å². The number of likely N-dealkylation sites (tertiary alicyclic amines) is 1. The van der Waals surface area contributed by atoms with Gasteiger partial charge in [0, 0.05) is 20.1 Å². The first-order valence-corrected chi connectivity index (χ1v) is 11.4. The molecule has 3 heterocycles. The zero-order chi connectivity index (χ0) is 24.5. The molecule has 1 aromatic carbocycles. The van der Waals surface area contributed by atoms with Crippen LogP contribution in [0, 0.1) is 0 Å². The minimum atomic E-state index is -4.65. The van der Waals surface area contributed by atoms with Crippen LogP contribution in [0.5, 0.6) is 0 Å². The van der Waals surface area contributed by atoms with Crippen LogP contribution in [0.3, 0.4) is 0 Å². The summed E-state index contributed by atoms with van der Waals surface area (Å²) in [5.74, 6) is -0.908. The summed E-state index contributed by atoms with van der Waals surface area (Å²) in [6.07, 6.45) is -1.14. The van der Waals surface area contributed by atoms with E-state index in [1.54, 1.807) is 0 Å². The Bertz CT molecular complexity index is 1000. The molecular weight excluding hydrogens is 451 g/mol. The van der Waals surface area contributed by atoms with Gasteiger partial charge in [0.1, 0.15) is 6.54 Å². The second-order valence-corrected chi connectivity index (χ2v) is 8.80. The molecule has 0 aromatic heterocycles. The molecule has 0 bridgehead atoms. The van der Waals surface area contributed by atoms with E-state index in [1.165, 1.54) is 41.5 Å². The second kappa shape index (κ2) is 9.65. The molecule has 11 heteroatoms. The van der Waals surface area contributed by atoms with Crippen molar-refractivity contribution in [3.63, 3.8) is 0 Å². The Morgan fingerprint density at radius 3 is 2.56 bits per heavy atom. The number of benzene rings is 1. The van der Waals surface area contributed by atoms with Gasteiger partial charge in [-0.3, -0.25) is 14.5 Å². The van der Waals surface area contributed by atoms with Gasteiger partial charge in [0.25, 0.3) is 5.91 Å². The van der Waals surface area contributed by atoms with Crippen LogP contribution in [0.1, 0.15) is 36.4 Å². The van der Waals surface area contributed by atoms with Crippen LogP contribution in [-0.4, -0.2) is 78.9 Å². The SMILES string of the molecule is CN1C(=O)NC(c2ccccc2C(F)(F)F)C2=C1CN(CC(=O)NCCN1CCCCC1)C2=O. The Morgan fingerprint density at radius 1 is 1.15 bits per heavy atom. The molecule has 0 spiro atoms. The van der Waals surface area contributed by atoms with Crippen LogP contribution < -0.4 is 10.6 Å². The molecule has 34 heavy (non-hydrogen) atoms. The fourth-order valence-electron chi connectivity index (χ4n) is 4.76. The minimum Gasteiger partial charge on any atom is -0.353 e. The summed E-state index contributed by atoms with van der Waals surface area (Å²) in [4.78, 5) is 43.0. The van der Waals surface area contributed by atoms with Gasteiger partial charge in [-0.2, -0.15) is 13.2 Å². The van der Waals surface area contributed by atoms with Crippen molar-refractivity contribution in [3.05, 3.63) is 46.7 Å². The Kier molecular flexibility index (Phi) is 6.83. The average molecular weight is 480 g/mol. The highest BCUT2D eigenvalue weighted by Crippen LogP contribution is 2.41. The topological polar surface area (TPSA) is 85.0 Å². The zero-order valence-electron chi connectivity index (χ0n) is 19.0. The number of amides is 4. The Balaban J connectivity index is 1.47. The molecule has 184 valence electrons. The molecule has 3 aliphatic rings. The number of carbonyl (C=O) groups is 3. The lowest BCUT2D eigenvalue weighted by Gasteiger charge is -2.32. The number of hydrogen-bond acceptors (Lipinski definition) is 4. The van der Waals surface area contributed by atoms with Gasteiger partial charge >= 0.3 is 12.2 Å². The highest BCUT2D eigenvalue weighted by Gasteiger charge is 2.46. The van der Waals surface area contributed by atoms with Gasteiger partial charge in [-0.15, -0.1) is 0 Å². The summed E-state index contributed by atoms with van der Waals surface area (Å²) in [6, 6.07) is 3.01. The van der Waals surface area contributed by atoms with Gasteiger partial charge in [0.05, 0.1) is 29.4 Å². The van der Waals surface area contributed by atoms with Gasteiger partial charge in [0.15, 0.2) is 0 Å². The molecule has 4 amide bonds. The van der Waals surface area contributed by atoms with Crippen molar-refractivity contribution in [2.45, 2.75) is 31.5 Å². The molecule has 1 atom stereocenters. The number of hydrogen-bond donors (Lipinski definition) is 2. The van der Waals surface area contributed by atoms with E-state index in [0.29, 0.717) is 12.2 Å². The third kappa shape index (κ3) is 4.89. The number of alkyl halides is 3. The van der Waals surface area contributed by atoms with E-state index in [4.69, 9.17) is 0 Å². The molecule has 2 N–H and O–H groups in total. The lowest BCUT2D eigenvalue weighted by Crippen LogP contribution is -2.45. The predicted octanol–water partition coefficient (Wildman–Crippen LogP) is 2.10. The quantitative estimate of drug-likeness (QED) is 0.655. The Labute approximate surface area is 195 Å². The molecule has 0 aliphatic carbocycles.